The molecule has 0 bridgehead atoms. The SMILES string of the molecule is Cc1ccc(NC(=S)N(CCc2cncn2Cc2ccc(C#N)cc2)Cc2cccc(F)c2)cc1Cl. The fourth-order valence-corrected chi connectivity index (χ4v) is 4.27. The van der Waals surface area contributed by atoms with Crippen molar-refractivity contribution in [3.63, 3.8) is 0 Å². The van der Waals surface area contributed by atoms with Gasteiger partial charge in [-0.3, -0.25) is 0 Å². The summed E-state index contributed by atoms with van der Waals surface area (Å²) in [5, 5.41) is 13.5. The number of hydrogen-bond acceptors (Lipinski definition) is 3. The van der Waals surface area contributed by atoms with Gasteiger partial charge in [-0.05, 0) is 72.2 Å². The van der Waals surface area contributed by atoms with Gasteiger partial charge in [0.1, 0.15) is 5.82 Å². The van der Waals surface area contributed by atoms with Gasteiger partial charge in [0.05, 0.1) is 18.0 Å². The summed E-state index contributed by atoms with van der Waals surface area (Å²) >= 11 is 12.0. The van der Waals surface area contributed by atoms with E-state index in [1.165, 1.54) is 12.1 Å². The lowest BCUT2D eigenvalue weighted by Gasteiger charge is -2.26. The van der Waals surface area contributed by atoms with E-state index in [-0.39, 0.29) is 5.82 Å². The molecular weight excluding hydrogens is 493 g/mol. The highest BCUT2D eigenvalue weighted by molar-refractivity contribution is 7.80. The van der Waals surface area contributed by atoms with Gasteiger partial charge in [0.2, 0.25) is 0 Å². The summed E-state index contributed by atoms with van der Waals surface area (Å²) in [6.07, 6.45) is 4.33. The lowest BCUT2D eigenvalue weighted by molar-refractivity contribution is 0.417. The van der Waals surface area contributed by atoms with E-state index in [4.69, 9.17) is 29.1 Å². The minimum atomic E-state index is -0.280. The molecule has 0 aliphatic carbocycles. The molecule has 4 rings (SSSR count). The second-order valence-corrected chi connectivity index (χ2v) is 9.31. The van der Waals surface area contributed by atoms with Crippen LogP contribution in [0.3, 0.4) is 0 Å². The highest BCUT2D eigenvalue weighted by Crippen LogP contribution is 2.21. The Morgan fingerprint density at radius 2 is 1.94 bits per heavy atom. The van der Waals surface area contributed by atoms with Crippen molar-refractivity contribution in [2.45, 2.75) is 26.4 Å². The van der Waals surface area contributed by atoms with Crippen molar-refractivity contribution in [1.82, 2.24) is 14.5 Å². The van der Waals surface area contributed by atoms with E-state index in [1.807, 2.05) is 66.6 Å². The summed E-state index contributed by atoms with van der Waals surface area (Å²) in [6, 6.07) is 21.9. The zero-order valence-electron chi connectivity index (χ0n) is 19.8. The molecule has 0 radical (unpaired) electrons. The summed E-state index contributed by atoms with van der Waals surface area (Å²) < 4.78 is 15.9. The number of aryl methyl sites for hydroxylation is 1. The first-order valence-electron chi connectivity index (χ1n) is 11.5. The predicted molar refractivity (Wildman–Crippen MR) is 145 cm³/mol. The Morgan fingerprint density at radius 3 is 2.67 bits per heavy atom. The van der Waals surface area contributed by atoms with E-state index in [0.29, 0.717) is 41.8 Å². The third-order valence-electron chi connectivity index (χ3n) is 5.85. The first-order chi connectivity index (χ1) is 17.4. The van der Waals surface area contributed by atoms with Crippen LogP contribution in [0.5, 0.6) is 0 Å². The molecule has 182 valence electrons. The van der Waals surface area contributed by atoms with Crippen molar-refractivity contribution in [2.24, 2.45) is 0 Å². The maximum Gasteiger partial charge on any atom is 0.173 e. The van der Waals surface area contributed by atoms with Crippen LogP contribution in [-0.4, -0.2) is 26.1 Å². The Morgan fingerprint density at radius 1 is 1.14 bits per heavy atom. The fourth-order valence-electron chi connectivity index (χ4n) is 3.81. The number of imidazole rings is 1. The predicted octanol–water partition coefficient (Wildman–Crippen LogP) is 6.35. The number of benzene rings is 3. The molecule has 0 fully saturated rings. The molecule has 4 aromatic rings. The summed E-state index contributed by atoms with van der Waals surface area (Å²) in [5.74, 6) is -0.280. The number of nitriles is 1. The number of halogens is 2. The number of aromatic nitrogens is 2. The average Bonchev–Trinajstić information content (AvgIpc) is 3.31. The largest absolute Gasteiger partial charge is 0.344 e. The molecule has 1 heterocycles. The van der Waals surface area contributed by atoms with Crippen molar-refractivity contribution in [3.05, 3.63) is 118 Å². The highest BCUT2D eigenvalue weighted by atomic mass is 35.5. The molecule has 0 amide bonds. The molecule has 1 aromatic heterocycles. The molecule has 0 saturated carbocycles. The van der Waals surface area contributed by atoms with Crippen LogP contribution < -0.4 is 5.32 Å². The van der Waals surface area contributed by atoms with E-state index in [0.717, 1.165) is 28.1 Å². The van der Waals surface area contributed by atoms with E-state index < -0.39 is 0 Å². The zero-order chi connectivity index (χ0) is 25.5. The summed E-state index contributed by atoms with van der Waals surface area (Å²) in [4.78, 5) is 6.35. The number of thiocarbonyl (C=S) groups is 1. The number of hydrogen-bond donors (Lipinski definition) is 1. The molecule has 0 aliphatic heterocycles. The van der Waals surface area contributed by atoms with Gasteiger partial charge in [0.25, 0.3) is 0 Å². The van der Waals surface area contributed by atoms with E-state index in [9.17, 15) is 4.39 Å². The molecule has 8 heteroatoms. The standard InChI is InChI=1S/C28H25ClFN5S/c1-20-5-10-25(14-27(20)29)33-28(36)34(18-23-3-2-4-24(30)13-23)12-11-26-16-32-19-35(26)17-22-8-6-21(15-31)7-9-22/h2-10,13-14,16,19H,11-12,17-18H2,1H3,(H,33,36). The van der Waals surface area contributed by atoms with Crippen LogP contribution >= 0.6 is 23.8 Å². The molecular formula is C28H25ClFN5S. The van der Waals surface area contributed by atoms with Crippen molar-refractivity contribution < 1.29 is 4.39 Å². The van der Waals surface area contributed by atoms with Gasteiger partial charge in [-0.15, -0.1) is 0 Å². The zero-order valence-corrected chi connectivity index (χ0v) is 21.4. The minimum absolute atomic E-state index is 0.280. The molecule has 36 heavy (non-hydrogen) atoms. The minimum Gasteiger partial charge on any atom is -0.344 e. The number of rotatable bonds is 8. The monoisotopic (exact) mass is 517 g/mol. The van der Waals surface area contributed by atoms with E-state index in [2.05, 4.69) is 20.9 Å². The van der Waals surface area contributed by atoms with E-state index in [1.54, 1.807) is 12.4 Å². The summed E-state index contributed by atoms with van der Waals surface area (Å²) in [6.45, 7) is 3.64. The highest BCUT2D eigenvalue weighted by Gasteiger charge is 2.14. The lowest BCUT2D eigenvalue weighted by atomic mass is 10.1. The number of nitrogens with one attached hydrogen (secondary N) is 1. The topological polar surface area (TPSA) is 56.9 Å². The Balaban J connectivity index is 1.49. The van der Waals surface area contributed by atoms with Crippen LogP contribution in [0.4, 0.5) is 10.1 Å². The smallest absolute Gasteiger partial charge is 0.173 e. The van der Waals surface area contributed by atoms with Gasteiger partial charge in [0.15, 0.2) is 5.11 Å². The van der Waals surface area contributed by atoms with E-state index >= 15 is 0 Å². The normalized spacial score (nSPS) is 10.6. The maximum atomic E-state index is 13.9. The summed E-state index contributed by atoms with van der Waals surface area (Å²) in [5.41, 5.74) is 5.37. The quantitative estimate of drug-likeness (QED) is 0.276. The van der Waals surface area contributed by atoms with Gasteiger partial charge >= 0.3 is 0 Å². The third-order valence-corrected chi connectivity index (χ3v) is 6.61. The molecule has 0 spiro atoms. The van der Waals surface area contributed by atoms with Crippen LogP contribution in [0.25, 0.3) is 0 Å². The van der Waals surface area contributed by atoms with Gasteiger partial charge in [-0.25, -0.2) is 9.37 Å². The van der Waals surface area contributed by atoms with Gasteiger partial charge < -0.3 is 14.8 Å². The van der Waals surface area contributed by atoms with Crippen LogP contribution in [0.2, 0.25) is 5.02 Å². The number of nitrogens with zero attached hydrogens (tertiary/aromatic N) is 4. The second-order valence-electron chi connectivity index (χ2n) is 8.52. The Kier molecular flexibility index (Phi) is 8.32. The Bertz CT molecular complexity index is 1390. The molecule has 3 aromatic carbocycles. The Hall–Kier alpha value is -3.73. The first-order valence-corrected chi connectivity index (χ1v) is 12.2. The maximum absolute atomic E-state index is 13.9. The molecule has 0 aliphatic rings. The van der Waals surface area contributed by atoms with Gasteiger partial charge in [0, 0.05) is 48.7 Å². The van der Waals surface area contributed by atoms with Crippen LogP contribution in [-0.2, 0) is 19.5 Å². The van der Waals surface area contributed by atoms with Crippen LogP contribution in [0.15, 0.2) is 79.3 Å². The van der Waals surface area contributed by atoms with Crippen molar-refractivity contribution in [3.8, 4) is 6.07 Å². The molecule has 1 N–H and O–H groups in total. The van der Waals surface area contributed by atoms with Crippen molar-refractivity contribution in [2.75, 3.05) is 11.9 Å². The first kappa shape index (κ1) is 25.4. The van der Waals surface area contributed by atoms with Gasteiger partial charge in [-0.2, -0.15) is 5.26 Å². The van der Waals surface area contributed by atoms with Crippen LogP contribution in [0, 0.1) is 24.1 Å². The molecule has 0 saturated heterocycles. The summed E-state index contributed by atoms with van der Waals surface area (Å²) in [7, 11) is 0. The lowest BCUT2D eigenvalue weighted by Crippen LogP contribution is -2.36. The third kappa shape index (κ3) is 6.69. The molecule has 0 atom stereocenters. The average molecular weight is 518 g/mol. The Labute approximate surface area is 220 Å². The van der Waals surface area contributed by atoms with Gasteiger partial charge in [-0.1, -0.05) is 41.9 Å². The second kappa shape index (κ2) is 11.8. The van der Waals surface area contributed by atoms with Crippen molar-refractivity contribution >= 4 is 34.6 Å². The molecule has 0 unspecified atom stereocenters. The van der Waals surface area contributed by atoms with Crippen LogP contribution in [0.1, 0.15) is 27.9 Å². The number of anilines is 1. The fraction of sp³-hybridized carbons (Fsp3) is 0.179. The van der Waals surface area contributed by atoms with Crippen molar-refractivity contribution in [1.29, 1.82) is 5.26 Å². The molecule has 5 nitrogen and oxygen atoms in total.